The smallest absolute Gasteiger partial charge is 0.237 e. The Morgan fingerprint density at radius 1 is 1.08 bits per heavy atom. The molecule has 132 valence electrons. The molecule has 0 aliphatic carbocycles. The van der Waals surface area contributed by atoms with Crippen molar-refractivity contribution in [2.75, 3.05) is 5.32 Å². The number of aryl methyl sites for hydroxylation is 1. The number of hydrogen-bond donors (Lipinski definition) is 1. The lowest BCUT2D eigenvalue weighted by Crippen LogP contribution is -2.25. The van der Waals surface area contributed by atoms with E-state index in [1.807, 2.05) is 74.5 Å². The zero-order valence-electron chi connectivity index (χ0n) is 14.8. The Morgan fingerprint density at radius 3 is 2.54 bits per heavy atom. The first kappa shape index (κ1) is 18.1. The van der Waals surface area contributed by atoms with E-state index in [-0.39, 0.29) is 11.2 Å². The van der Waals surface area contributed by atoms with Gasteiger partial charge in [-0.15, -0.1) is 0 Å². The van der Waals surface area contributed by atoms with E-state index in [0.29, 0.717) is 6.42 Å². The van der Waals surface area contributed by atoms with Gasteiger partial charge in [0.1, 0.15) is 11.4 Å². The zero-order chi connectivity index (χ0) is 18.4. The van der Waals surface area contributed by atoms with E-state index in [9.17, 15) is 4.79 Å². The molecule has 5 heteroatoms. The van der Waals surface area contributed by atoms with Crippen LogP contribution in [0.5, 0.6) is 0 Å². The van der Waals surface area contributed by atoms with Crippen molar-refractivity contribution in [3.8, 4) is 11.3 Å². The Kier molecular flexibility index (Phi) is 6.02. The minimum atomic E-state index is -0.215. The van der Waals surface area contributed by atoms with Gasteiger partial charge in [0.05, 0.1) is 10.9 Å². The molecular formula is C21H21N3OS. The average molecular weight is 363 g/mol. The van der Waals surface area contributed by atoms with Gasteiger partial charge in [0.2, 0.25) is 5.91 Å². The maximum atomic E-state index is 12.7. The molecule has 1 amide bonds. The molecule has 1 heterocycles. The molecule has 1 aromatic heterocycles. The van der Waals surface area contributed by atoms with Crippen LogP contribution in [0, 0.1) is 6.92 Å². The number of para-hydroxylation sites is 1. The minimum absolute atomic E-state index is 0.00771. The monoisotopic (exact) mass is 363 g/mol. The summed E-state index contributed by atoms with van der Waals surface area (Å²) in [7, 11) is 0. The van der Waals surface area contributed by atoms with Gasteiger partial charge in [0, 0.05) is 11.3 Å². The molecule has 0 radical (unpaired) electrons. The first-order valence-corrected chi connectivity index (χ1v) is 9.46. The predicted octanol–water partition coefficient (Wildman–Crippen LogP) is 4.96. The van der Waals surface area contributed by atoms with E-state index in [1.165, 1.54) is 11.8 Å². The third-order valence-corrected chi connectivity index (χ3v) is 5.34. The largest absolute Gasteiger partial charge is 0.325 e. The van der Waals surface area contributed by atoms with Crippen molar-refractivity contribution in [2.45, 2.75) is 30.5 Å². The van der Waals surface area contributed by atoms with Crippen LogP contribution in [-0.4, -0.2) is 21.1 Å². The molecule has 2 aromatic carbocycles. The summed E-state index contributed by atoms with van der Waals surface area (Å²) in [6, 6.07) is 19.7. The number of amides is 1. The number of hydrogen-bond acceptors (Lipinski definition) is 4. The van der Waals surface area contributed by atoms with Crippen molar-refractivity contribution in [1.29, 1.82) is 0 Å². The lowest BCUT2D eigenvalue weighted by Gasteiger charge is -2.15. The fourth-order valence-corrected chi connectivity index (χ4v) is 3.48. The highest BCUT2D eigenvalue weighted by molar-refractivity contribution is 8.00. The van der Waals surface area contributed by atoms with Crippen LogP contribution in [0.1, 0.15) is 18.9 Å². The summed E-state index contributed by atoms with van der Waals surface area (Å²) >= 11 is 1.47. The average Bonchev–Trinajstić information content (AvgIpc) is 2.68. The van der Waals surface area contributed by atoms with Crippen molar-refractivity contribution in [3.63, 3.8) is 0 Å². The number of anilines is 1. The number of benzene rings is 2. The van der Waals surface area contributed by atoms with Crippen LogP contribution in [0.3, 0.4) is 0 Å². The molecule has 4 nitrogen and oxygen atoms in total. The van der Waals surface area contributed by atoms with Crippen LogP contribution in [0.4, 0.5) is 5.69 Å². The van der Waals surface area contributed by atoms with Gasteiger partial charge in [-0.25, -0.2) is 9.97 Å². The minimum Gasteiger partial charge on any atom is -0.325 e. The quantitative estimate of drug-likeness (QED) is 0.497. The van der Waals surface area contributed by atoms with Gasteiger partial charge in [0.25, 0.3) is 0 Å². The highest BCUT2D eigenvalue weighted by atomic mass is 32.2. The van der Waals surface area contributed by atoms with Crippen LogP contribution in [-0.2, 0) is 4.79 Å². The molecule has 0 fully saturated rings. The van der Waals surface area contributed by atoms with Crippen LogP contribution >= 0.6 is 11.8 Å². The molecule has 0 aliphatic heterocycles. The zero-order valence-corrected chi connectivity index (χ0v) is 15.7. The standard InChI is InChI=1S/C21H21N3OS/c1-3-19(21(25)24-17-12-8-7-9-15(17)2)26-20-13-18(22-14-23-20)16-10-5-4-6-11-16/h4-14,19H,3H2,1-2H3,(H,24,25)/t19-/m0/s1. The van der Waals surface area contributed by atoms with Gasteiger partial charge in [0.15, 0.2) is 0 Å². The second-order valence-corrected chi connectivity index (χ2v) is 7.15. The number of thioether (sulfide) groups is 1. The molecule has 0 aliphatic rings. The Bertz CT molecular complexity index is 883. The number of carbonyl (C=O) groups is 1. The van der Waals surface area contributed by atoms with Gasteiger partial charge >= 0.3 is 0 Å². The summed E-state index contributed by atoms with van der Waals surface area (Å²) in [4.78, 5) is 21.4. The molecule has 0 saturated carbocycles. The van der Waals surface area contributed by atoms with E-state index >= 15 is 0 Å². The molecule has 1 N–H and O–H groups in total. The summed E-state index contributed by atoms with van der Waals surface area (Å²) in [5.41, 5.74) is 3.80. The first-order valence-electron chi connectivity index (χ1n) is 8.58. The number of aromatic nitrogens is 2. The topological polar surface area (TPSA) is 54.9 Å². The summed E-state index contributed by atoms with van der Waals surface area (Å²) < 4.78 is 0. The van der Waals surface area contributed by atoms with Crippen LogP contribution < -0.4 is 5.32 Å². The van der Waals surface area contributed by atoms with Gasteiger partial charge in [-0.2, -0.15) is 0 Å². The molecule has 0 saturated heterocycles. The van der Waals surface area contributed by atoms with Crippen LogP contribution in [0.25, 0.3) is 11.3 Å². The lowest BCUT2D eigenvalue weighted by molar-refractivity contribution is -0.115. The summed E-state index contributed by atoms with van der Waals surface area (Å²) in [5.74, 6) is -0.00771. The molecule has 0 bridgehead atoms. The molecule has 0 unspecified atom stereocenters. The third kappa shape index (κ3) is 4.49. The Balaban J connectivity index is 1.74. The number of rotatable bonds is 6. The van der Waals surface area contributed by atoms with Crippen molar-refractivity contribution >= 4 is 23.4 Å². The van der Waals surface area contributed by atoms with Gasteiger partial charge < -0.3 is 5.32 Å². The third-order valence-electron chi connectivity index (χ3n) is 4.04. The van der Waals surface area contributed by atoms with Crippen LogP contribution in [0.15, 0.2) is 72.0 Å². The first-order chi connectivity index (χ1) is 12.7. The maximum absolute atomic E-state index is 12.7. The molecule has 3 aromatic rings. The fourth-order valence-electron chi connectivity index (χ4n) is 2.57. The van der Waals surface area contributed by atoms with Gasteiger partial charge in [-0.05, 0) is 31.0 Å². The van der Waals surface area contributed by atoms with Gasteiger partial charge in [-0.1, -0.05) is 67.2 Å². The molecule has 1 atom stereocenters. The van der Waals surface area contributed by atoms with E-state index in [4.69, 9.17) is 0 Å². The van der Waals surface area contributed by atoms with E-state index in [1.54, 1.807) is 6.33 Å². The Hall–Kier alpha value is -2.66. The highest BCUT2D eigenvalue weighted by Crippen LogP contribution is 2.28. The van der Waals surface area contributed by atoms with E-state index < -0.39 is 0 Å². The Morgan fingerprint density at radius 2 is 1.81 bits per heavy atom. The van der Waals surface area contributed by atoms with Crippen molar-refractivity contribution in [3.05, 3.63) is 72.6 Å². The SMILES string of the molecule is CC[C@H](Sc1cc(-c2ccccc2)ncn1)C(=O)Nc1ccccc1C. The molecule has 3 rings (SSSR count). The van der Waals surface area contributed by atoms with Crippen LogP contribution in [0.2, 0.25) is 0 Å². The maximum Gasteiger partial charge on any atom is 0.237 e. The molecule has 0 spiro atoms. The van der Waals surface area contributed by atoms with E-state index in [0.717, 1.165) is 27.5 Å². The van der Waals surface area contributed by atoms with E-state index in [2.05, 4.69) is 15.3 Å². The second-order valence-electron chi connectivity index (χ2n) is 5.93. The fraction of sp³-hybridized carbons (Fsp3) is 0.190. The molecular weight excluding hydrogens is 342 g/mol. The summed E-state index contributed by atoms with van der Waals surface area (Å²) in [6.45, 7) is 3.99. The van der Waals surface area contributed by atoms with Crippen molar-refractivity contribution in [1.82, 2.24) is 9.97 Å². The number of nitrogens with one attached hydrogen (secondary N) is 1. The summed E-state index contributed by atoms with van der Waals surface area (Å²) in [6.07, 6.45) is 2.27. The van der Waals surface area contributed by atoms with Crippen molar-refractivity contribution < 1.29 is 4.79 Å². The second kappa shape index (κ2) is 8.63. The molecule has 26 heavy (non-hydrogen) atoms. The predicted molar refractivity (Wildman–Crippen MR) is 107 cm³/mol. The Labute approximate surface area is 158 Å². The normalized spacial score (nSPS) is 11.8. The summed E-state index contributed by atoms with van der Waals surface area (Å²) in [5, 5.41) is 3.61. The van der Waals surface area contributed by atoms with Crippen molar-refractivity contribution in [2.24, 2.45) is 0 Å². The highest BCUT2D eigenvalue weighted by Gasteiger charge is 2.19. The number of carbonyl (C=O) groups excluding carboxylic acids is 1. The number of nitrogens with zero attached hydrogens (tertiary/aromatic N) is 2. The van der Waals surface area contributed by atoms with Gasteiger partial charge in [-0.3, -0.25) is 4.79 Å². The lowest BCUT2D eigenvalue weighted by atomic mass is 10.1.